The second kappa shape index (κ2) is 6.87. The summed E-state index contributed by atoms with van der Waals surface area (Å²) in [6.07, 6.45) is 1.11. The van der Waals surface area contributed by atoms with Gasteiger partial charge in [-0.25, -0.2) is 0 Å². The lowest BCUT2D eigenvalue weighted by molar-refractivity contribution is 0.260. The molecule has 3 rings (SSSR count). The molecule has 0 bridgehead atoms. The van der Waals surface area contributed by atoms with Gasteiger partial charge in [0.25, 0.3) is 0 Å². The zero-order valence-corrected chi connectivity index (χ0v) is 12.7. The Morgan fingerprint density at radius 2 is 1.67 bits per heavy atom. The van der Waals surface area contributed by atoms with Gasteiger partial charge in [-0.05, 0) is 24.1 Å². The molecule has 1 aliphatic rings. The smallest absolute Gasteiger partial charge is 0.151 e. The van der Waals surface area contributed by atoms with Gasteiger partial charge in [0, 0.05) is 32.7 Å². The van der Waals surface area contributed by atoms with E-state index in [0.29, 0.717) is 5.15 Å². The van der Waals surface area contributed by atoms with Gasteiger partial charge in [0.2, 0.25) is 0 Å². The number of aromatic nitrogens is 2. The Morgan fingerprint density at radius 1 is 0.905 bits per heavy atom. The van der Waals surface area contributed by atoms with E-state index in [1.807, 2.05) is 6.07 Å². The molecular weight excluding hydrogens is 284 g/mol. The first-order valence-corrected chi connectivity index (χ1v) is 7.69. The summed E-state index contributed by atoms with van der Waals surface area (Å²) in [5.41, 5.74) is 1.41. The SMILES string of the molecule is Clc1ccc(N2CCN(CCc3ccccc3)CC2)nn1. The van der Waals surface area contributed by atoms with Crippen LogP contribution < -0.4 is 4.90 Å². The number of nitrogens with zero attached hydrogens (tertiary/aromatic N) is 4. The lowest BCUT2D eigenvalue weighted by Gasteiger charge is -2.35. The van der Waals surface area contributed by atoms with Crippen LogP contribution in [0.2, 0.25) is 5.15 Å². The molecule has 0 spiro atoms. The first kappa shape index (κ1) is 14.3. The van der Waals surface area contributed by atoms with E-state index in [4.69, 9.17) is 11.6 Å². The molecule has 0 atom stereocenters. The van der Waals surface area contributed by atoms with Crippen LogP contribution >= 0.6 is 11.6 Å². The minimum absolute atomic E-state index is 0.445. The van der Waals surface area contributed by atoms with Crippen molar-refractivity contribution in [3.05, 3.63) is 53.2 Å². The summed E-state index contributed by atoms with van der Waals surface area (Å²) in [4.78, 5) is 4.77. The number of hydrogen-bond donors (Lipinski definition) is 0. The maximum absolute atomic E-state index is 5.77. The topological polar surface area (TPSA) is 32.3 Å². The van der Waals surface area contributed by atoms with E-state index in [1.165, 1.54) is 5.56 Å². The van der Waals surface area contributed by atoms with Crippen LogP contribution in [0.15, 0.2) is 42.5 Å². The van der Waals surface area contributed by atoms with Crippen LogP contribution in [0, 0.1) is 0 Å². The van der Waals surface area contributed by atoms with E-state index in [-0.39, 0.29) is 0 Å². The predicted molar refractivity (Wildman–Crippen MR) is 85.8 cm³/mol. The highest BCUT2D eigenvalue weighted by Gasteiger charge is 2.17. The maximum atomic E-state index is 5.77. The van der Waals surface area contributed by atoms with Gasteiger partial charge in [0.15, 0.2) is 11.0 Å². The van der Waals surface area contributed by atoms with Crippen LogP contribution in [0.1, 0.15) is 5.56 Å². The predicted octanol–water partition coefficient (Wildman–Crippen LogP) is 2.49. The molecule has 0 saturated carbocycles. The molecule has 5 heteroatoms. The fraction of sp³-hybridized carbons (Fsp3) is 0.375. The number of hydrogen-bond acceptors (Lipinski definition) is 4. The average molecular weight is 303 g/mol. The van der Waals surface area contributed by atoms with E-state index >= 15 is 0 Å². The Labute approximate surface area is 130 Å². The number of rotatable bonds is 4. The molecule has 110 valence electrons. The van der Waals surface area contributed by atoms with Crippen molar-refractivity contribution in [1.82, 2.24) is 15.1 Å². The van der Waals surface area contributed by atoms with Crippen LogP contribution in [0.3, 0.4) is 0 Å². The molecular formula is C16H19ClN4. The molecule has 0 unspecified atom stereocenters. The van der Waals surface area contributed by atoms with Crippen LogP contribution in [-0.4, -0.2) is 47.8 Å². The minimum atomic E-state index is 0.445. The van der Waals surface area contributed by atoms with Crippen molar-refractivity contribution in [1.29, 1.82) is 0 Å². The third kappa shape index (κ3) is 3.93. The second-order valence-electron chi connectivity index (χ2n) is 5.28. The summed E-state index contributed by atoms with van der Waals surface area (Å²) in [5, 5.41) is 8.50. The number of halogens is 1. The van der Waals surface area contributed by atoms with Crippen LogP contribution in [0.4, 0.5) is 5.82 Å². The second-order valence-corrected chi connectivity index (χ2v) is 5.67. The molecule has 2 heterocycles. The number of benzene rings is 1. The van der Waals surface area contributed by atoms with E-state index in [1.54, 1.807) is 6.07 Å². The largest absolute Gasteiger partial charge is 0.353 e. The van der Waals surface area contributed by atoms with Gasteiger partial charge in [-0.1, -0.05) is 41.9 Å². The van der Waals surface area contributed by atoms with Gasteiger partial charge >= 0.3 is 0 Å². The van der Waals surface area contributed by atoms with Gasteiger partial charge in [0.1, 0.15) is 0 Å². The average Bonchev–Trinajstić information content (AvgIpc) is 2.55. The van der Waals surface area contributed by atoms with Crippen molar-refractivity contribution < 1.29 is 0 Å². The summed E-state index contributed by atoms with van der Waals surface area (Å²) < 4.78 is 0. The molecule has 4 nitrogen and oxygen atoms in total. The highest BCUT2D eigenvalue weighted by molar-refractivity contribution is 6.29. The standard InChI is InChI=1S/C16H19ClN4/c17-15-6-7-16(19-18-15)21-12-10-20(11-13-21)9-8-14-4-2-1-3-5-14/h1-7H,8-13H2. The molecule has 0 aliphatic carbocycles. The van der Waals surface area contributed by atoms with Gasteiger partial charge in [-0.2, -0.15) is 0 Å². The molecule has 1 saturated heterocycles. The Morgan fingerprint density at radius 3 is 2.33 bits per heavy atom. The van der Waals surface area contributed by atoms with Gasteiger partial charge < -0.3 is 4.90 Å². The first-order chi connectivity index (χ1) is 10.3. The fourth-order valence-electron chi connectivity index (χ4n) is 2.61. The quantitative estimate of drug-likeness (QED) is 0.868. The van der Waals surface area contributed by atoms with Gasteiger partial charge in [-0.3, -0.25) is 4.90 Å². The molecule has 2 aromatic rings. The lowest BCUT2D eigenvalue weighted by atomic mass is 10.1. The molecule has 1 aromatic carbocycles. The Kier molecular flexibility index (Phi) is 4.68. The Balaban J connectivity index is 1.48. The molecule has 1 aromatic heterocycles. The highest BCUT2D eigenvalue weighted by atomic mass is 35.5. The van der Waals surface area contributed by atoms with Gasteiger partial charge in [-0.15, -0.1) is 10.2 Å². The molecule has 0 N–H and O–H groups in total. The fourth-order valence-corrected chi connectivity index (χ4v) is 2.71. The maximum Gasteiger partial charge on any atom is 0.151 e. The first-order valence-electron chi connectivity index (χ1n) is 7.32. The van der Waals surface area contributed by atoms with Crippen LogP contribution in [0.25, 0.3) is 0 Å². The third-order valence-electron chi connectivity index (χ3n) is 3.87. The molecule has 0 amide bonds. The van der Waals surface area contributed by atoms with Crippen LogP contribution in [0.5, 0.6) is 0 Å². The van der Waals surface area contributed by atoms with E-state index < -0.39 is 0 Å². The van der Waals surface area contributed by atoms with Crippen molar-refractivity contribution in [2.45, 2.75) is 6.42 Å². The Hall–Kier alpha value is -1.65. The zero-order chi connectivity index (χ0) is 14.5. The van der Waals surface area contributed by atoms with E-state index in [2.05, 4.69) is 50.3 Å². The third-order valence-corrected chi connectivity index (χ3v) is 4.08. The molecule has 1 fully saturated rings. The molecule has 21 heavy (non-hydrogen) atoms. The van der Waals surface area contributed by atoms with E-state index in [9.17, 15) is 0 Å². The van der Waals surface area contributed by atoms with E-state index in [0.717, 1.165) is 45.0 Å². The number of piperazine rings is 1. The lowest BCUT2D eigenvalue weighted by Crippen LogP contribution is -2.47. The zero-order valence-electron chi connectivity index (χ0n) is 12.0. The summed E-state index contributed by atoms with van der Waals surface area (Å²) >= 11 is 5.77. The molecule has 0 radical (unpaired) electrons. The van der Waals surface area contributed by atoms with Gasteiger partial charge in [0.05, 0.1) is 0 Å². The minimum Gasteiger partial charge on any atom is -0.353 e. The monoisotopic (exact) mass is 302 g/mol. The van der Waals surface area contributed by atoms with Crippen molar-refractivity contribution in [3.8, 4) is 0 Å². The van der Waals surface area contributed by atoms with Crippen molar-refractivity contribution in [3.63, 3.8) is 0 Å². The normalized spacial score (nSPS) is 16.1. The highest BCUT2D eigenvalue weighted by Crippen LogP contribution is 2.14. The summed E-state index contributed by atoms with van der Waals surface area (Å²) in [6, 6.07) is 14.4. The molecule has 1 aliphatic heterocycles. The summed E-state index contributed by atoms with van der Waals surface area (Å²) in [7, 11) is 0. The van der Waals surface area contributed by atoms with Crippen LogP contribution in [-0.2, 0) is 6.42 Å². The van der Waals surface area contributed by atoms with Crippen molar-refractivity contribution >= 4 is 17.4 Å². The van der Waals surface area contributed by atoms with Crippen molar-refractivity contribution in [2.75, 3.05) is 37.6 Å². The van der Waals surface area contributed by atoms with Crippen molar-refractivity contribution in [2.24, 2.45) is 0 Å². The summed E-state index contributed by atoms with van der Waals surface area (Å²) in [5.74, 6) is 0.919. The Bertz CT molecular complexity index is 550. The number of anilines is 1. The summed E-state index contributed by atoms with van der Waals surface area (Å²) in [6.45, 7) is 5.23.